The van der Waals surface area contributed by atoms with Gasteiger partial charge in [0.15, 0.2) is 11.5 Å². The van der Waals surface area contributed by atoms with E-state index in [1.165, 1.54) is 24.1 Å². The van der Waals surface area contributed by atoms with Crippen LogP contribution >= 0.6 is 0 Å². The van der Waals surface area contributed by atoms with Gasteiger partial charge >= 0.3 is 5.97 Å². The SMILES string of the molecule is CN(CCC(=O)O)c1c(F)cccc1[N+](=O)[O-]. The van der Waals surface area contributed by atoms with Crippen molar-refractivity contribution >= 4 is 17.3 Å². The number of carboxylic acid groups (broad SMARTS) is 1. The van der Waals surface area contributed by atoms with Crippen molar-refractivity contribution in [1.29, 1.82) is 0 Å². The number of benzene rings is 1. The van der Waals surface area contributed by atoms with E-state index in [9.17, 15) is 19.3 Å². The maximum Gasteiger partial charge on any atom is 0.305 e. The number of anilines is 1. The second-order valence-electron chi connectivity index (χ2n) is 3.43. The summed E-state index contributed by atoms with van der Waals surface area (Å²) in [6.45, 7) is -0.00287. The monoisotopic (exact) mass is 242 g/mol. The highest BCUT2D eigenvalue weighted by atomic mass is 19.1. The Bertz CT molecular complexity index is 450. The molecule has 0 aromatic heterocycles. The number of nitro groups is 1. The van der Waals surface area contributed by atoms with Gasteiger partial charge in [0.2, 0.25) is 0 Å². The molecule has 0 aliphatic carbocycles. The number of halogens is 1. The van der Waals surface area contributed by atoms with E-state index in [0.29, 0.717) is 0 Å². The van der Waals surface area contributed by atoms with Crippen LogP contribution in [0.25, 0.3) is 0 Å². The molecule has 0 heterocycles. The first kappa shape index (κ1) is 12.9. The lowest BCUT2D eigenvalue weighted by molar-refractivity contribution is -0.384. The third-order valence-corrected chi connectivity index (χ3v) is 2.20. The predicted molar refractivity (Wildman–Crippen MR) is 58.6 cm³/mol. The number of carboxylic acids is 1. The fourth-order valence-electron chi connectivity index (χ4n) is 1.40. The van der Waals surface area contributed by atoms with E-state index in [4.69, 9.17) is 5.11 Å². The molecular formula is C10H11FN2O4. The van der Waals surface area contributed by atoms with Crippen LogP contribution in [0, 0.1) is 15.9 Å². The molecule has 0 amide bonds. The highest BCUT2D eigenvalue weighted by Crippen LogP contribution is 2.29. The van der Waals surface area contributed by atoms with Gasteiger partial charge in [-0.15, -0.1) is 0 Å². The van der Waals surface area contributed by atoms with Gasteiger partial charge in [-0.05, 0) is 6.07 Å². The lowest BCUT2D eigenvalue weighted by Crippen LogP contribution is -2.23. The van der Waals surface area contributed by atoms with E-state index in [0.717, 1.165) is 6.07 Å². The van der Waals surface area contributed by atoms with Gasteiger partial charge in [-0.3, -0.25) is 14.9 Å². The molecule has 0 saturated heterocycles. The van der Waals surface area contributed by atoms with Crippen LogP contribution < -0.4 is 4.90 Å². The zero-order valence-electron chi connectivity index (χ0n) is 9.09. The molecule has 0 aliphatic heterocycles. The van der Waals surface area contributed by atoms with Crippen LogP contribution in [-0.4, -0.2) is 29.6 Å². The van der Waals surface area contributed by atoms with Crippen LogP contribution in [0.2, 0.25) is 0 Å². The van der Waals surface area contributed by atoms with Gasteiger partial charge < -0.3 is 10.0 Å². The lowest BCUT2D eigenvalue weighted by atomic mass is 10.2. The van der Waals surface area contributed by atoms with Crippen molar-refractivity contribution in [1.82, 2.24) is 0 Å². The first-order valence-electron chi connectivity index (χ1n) is 4.79. The van der Waals surface area contributed by atoms with Gasteiger partial charge in [-0.25, -0.2) is 4.39 Å². The molecule has 1 N–H and O–H groups in total. The van der Waals surface area contributed by atoms with Crippen LogP contribution in [0.4, 0.5) is 15.8 Å². The van der Waals surface area contributed by atoms with Crippen molar-refractivity contribution in [2.45, 2.75) is 6.42 Å². The number of nitrogens with zero attached hydrogens (tertiary/aromatic N) is 2. The Morgan fingerprint density at radius 1 is 1.59 bits per heavy atom. The smallest absolute Gasteiger partial charge is 0.305 e. The quantitative estimate of drug-likeness (QED) is 0.626. The molecule has 6 nitrogen and oxygen atoms in total. The Hall–Kier alpha value is -2.18. The molecule has 1 rings (SSSR count). The normalized spacial score (nSPS) is 10.0. The van der Waals surface area contributed by atoms with Gasteiger partial charge in [0.1, 0.15) is 0 Å². The first-order chi connectivity index (χ1) is 7.93. The highest BCUT2D eigenvalue weighted by molar-refractivity contribution is 5.69. The molecule has 92 valence electrons. The van der Waals surface area contributed by atoms with E-state index >= 15 is 0 Å². The maximum absolute atomic E-state index is 13.5. The van der Waals surface area contributed by atoms with Crippen LogP contribution in [-0.2, 0) is 4.79 Å². The predicted octanol–water partition coefficient (Wildman–Crippen LogP) is 1.64. The van der Waals surface area contributed by atoms with Crippen LogP contribution in [0.3, 0.4) is 0 Å². The Balaban J connectivity index is 3.02. The van der Waals surface area contributed by atoms with Gasteiger partial charge in [0, 0.05) is 19.7 Å². The van der Waals surface area contributed by atoms with Gasteiger partial charge in [-0.1, -0.05) is 6.07 Å². The molecular weight excluding hydrogens is 231 g/mol. The molecule has 0 aliphatic rings. The van der Waals surface area contributed by atoms with Gasteiger partial charge in [-0.2, -0.15) is 0 Å². The summed E-state index contributed by atoms with van der Waals surface area (Å²) in [5.41, 5.74) is -0.573. The zero-order valence-corrected chi connectivity index (χ0v) is 9.09. The van der Waals surface area contributed by atoms with Crippen LogP contribution in [0.5, 0.6) is 0 Å². The summed E-state index contributed by atoms with van der Waals surface area (Å²) in [7, 11) is 1.41. The standard InChI is InChI=1S/C10H11FN2O4/c1-12(6-5-9(14)15)10-7(11)3-2-4-8(10)13(16)17/h2-4H,5-6H2,1H3,(H,14,15). The average molecular weight is 242 g/mol. The molecule has 7 heteroatoms. The van der Waals surface area contributed by atoms with Gasteiger partial charge in [0.05, 0.1) is 11.3 Å². The number of hydrogen-bond acceptors (Lipinski definition) is 4. The second kappa shape index (κ2) is 5.24. The molecule has 0 fully saturated rings. The number of aliphatic carboxylic acids is 1. The molecule has 0 saturated carbocycles. The minimum Gasteiger partial charge on any atom is -0.481 e. The van der Waals surface area contributed by atoms with E-state index in [1.54, 1.807) is 0 Å². The molecule has 0 spiro atoms. The topological polar surface area (TPSA) is 83.7 Å². The Morgan fingerprint density at radius 2 is 2.24 bits per heavy atom. The molecule has 1 aromatic rings. The molecule has 0 bridgehead atoms. The summed E-state index contributed by atoms with van der Waals surface area (Å²) < 4.78 is 13.5. The average Bonchev–Trinajstić information content (AvgIpc) is 2.25. The summed E-state index contributed by atoms with van der Waals surface area (Å²) in [6, 6.07) is 3.51. The third-order valence-electron chi connectivity index (χ3n) is 2.20. The van der Waals surface area contributed by atoms with Crippen molar-refractivity contribution in [3.8, 4) is 0 Å². The Morgan fingerprint density at radius 3 is 2.76 bits per heavy atom. The lowest BCUT2D eigenvalue weighted by Gasteiger charge is -2.18. The molecule has 17 heavy (non-hydrogen) atoms. The van der Waals surface area contributed by atoms with Gasteiger partial charge in [0.25, 0.3) is 5.69 Å². The fraction of sp³-hybridized carbons (Fsp3) is 0.300. The molecule has 0 radical (unpaired) electrons. The van der Waals surface area contributed by atoms with E-state index in [-0.39, 0.29) is 24.3 Å². The summed E-state index contributed by atoms with van der Waals surface area (Å²) in [5, 5.41) is 19.2. The van der Waals surface area contributed by atoms with Crippen molar-refractivity contribution in [2.75, 3.05) is 18.5 Å². The van der Waals surface area contributed by atoms with Crippen LogP contribution in [0.1, 0.15) is 6.42 Å². The zero-order chi connectivity index (χ0) is 13.0. The Kier molecular flexibility index (Phi) is 3.97. The van der Waals surface area contributed by atoms with E-state index in [1.807, 2.05) is 0 Å². The van der Waals surface area contributed by atoms with Crippen molar-refractivity contribution < 1.29 is 19.2 Å². The molecule has 0 atom stereocenters. The largest absolute Gasteiger partial charge is 0.481 e. The van der Waals surface area contributed by atoms with Crippen LogP contribution in [0.15, 0.2) is 18.2 Å². The summed E-state index contributed by atoms with van der Waals surface area (Å²) in [5.74, 6) is -1.79. The maximum atomic E-state index is 13.5. The number of carbonyl (C=O) groups is 1. The highest BCUT2D eigenvalue weighted by Gasteiger charge is 2.21. The van der Waals surface area contributed by atoms with E-state index in [2.05, 4.69) is 0 Å². The summed E-state index contributed by atoms with van der Waals surface area (Å²) in [4.78, 5) is 21.6. The van der Waals surface area contributed by atoms with Crippen molar-refractivity contribution in [2.24, 2.45) is 0 Å². The Labute approximate surface area is 96.4 Å². The minimum atomic E-state index is -1.05. The summed E-state index contributed by atoms with van der Waals surface area (Å²) >= 11 is 0. The molecule has 0 unspecified atom stereocenters. The van der Waals surface area contributed by atoms with Crippen molar-refractivity contribution in [3.63, 3.8) is 0 Å². The molecule has 1 aromatic carbocycles. The number of rotatable bonds is 5. The van der Waals surface area contributed by atoms with E-state index < -0.39 is 16.7 Å². The number of para-hydroxylation sites is 1. The summed E-state index contributed by atoms with van der Waals surface area (Å²) in [6.07, 6.45) is -0.220. The third kappa shape index (κ3) is 3.13. The van der Waals surface area contributed by atoms with Crippen molar-refractivity contribution in [3.05, 3.63) is 34.1 Å². The minimum absolute atomic E-state index is 0.00287. The first-order valence-corrected chi connectivity index (χ1v) is 4.79. The second-order valence-corrected chi connectivity index (χ2v) is 3.43. The fourth-order valence-corrected chi connectivity index (χ4v) is 1.40. The number of nitro benzene ring substituents is 1. The number of hydrogen-bond donors (Lipinski definition) is 1.